The highest BCUT2D eigenvalue weighted by Gasteiger charge is 2.51. The van der Waals surface area contributed by atoms with Gasteiger partial charge in [-0.1, -0.05) is 12.1 Å². The first-order valence-corrected chi connectivity index (χ1v) is 16.2. The molecule has 0 unspecified atom stereocenters. The van der Waals surface area contributed by atoms with Crippen molar-refractivity contribution in [2.24, 2.45) is 22.9 Å². The number of rotatable bonds is 12. The van der Waals surface area contributed by atoms with Crippen molar-refractivity contribution in [3.63, 3.8) is 0 Å². The highest BCUT2D eigenvalue weighted by atomic mass is 32.2. The van der Waals surface area contributed by atoms with E-state index in [9.17, 15) is 19.7 Å². The minimum absolute atomic E-state index is 0.00393. The smallest absolute Gasteiger partial charge is 0.269 e. The Labute approximate surface area is 266 Å². The maximum atomic E-state index is 12.7. The number of ether oxygens (including phenoxy) is 2. The summed E-state index contributed by atoms with van der Waals surface area (Å²) in [6, 6.07) is 19.5. The van der Waals surface area contributed by atoms with Crippen LogP contribution in [0.1, 0.15) is 49.7 Å². The minimum atomic E-state index is -0.471. The Morgan fingerprint density at radius 2 is 1.62 bits per heavy atom. The van der Waals surface area contributed by atoms with Crippen molar-refractivity contribution in [2.75, 3.05) is 24.8 Å². The van der Waals surface area contributed by atoms with Crippen molar-refractivity contribution < 1.29 is 24.0 Å². The Morgan fingerprint density at radius 1 is 0.956 bits per heavy atom. The molecule has 2 amide bonds. The van der Waals surface area contributed by atoms with Gasteiger partial charge in [0.2, 0.25) is 5.91 Å². The van der Waals surface area contributed by atoms with Gasteiger partial charge in [0.05, 0.1) is 24.0 Å². The molecule has 11 heteroatoms. The number of nitrogens with one attached hydrogen (secondary N) is 2. The van der Waals surface area contributed by atoms with Crippen LogP contribution in [-0.4, -0.2) is 42.4 Å². The number of nitro groups is 1. The molecule has 4 saturated carbocycles. The molecular formula is C34H36N4O6S. The first-order chi connectivity index (χ1) is 21.8. The number of hydrogen-bond acceptors (Lipinski definition) is 8. The van der Waals surface area contributed by atoms with E-state index in [1.807, 2.05) is 12.1 Å². The van der Waals surface area contributed by atoms with Crippen molar-refractivity contribution in [1.29, 1.82) is 0 Å². The monoisotopic (exact) mass is 628 g/mol. The van der Waals surface area contributed by atoms with Gasteiger partial charge < -0.3 is 14.8 Å². The lowest BCUT2D eigenvalue weighted by atomic mass is 9.48. The van der Waals surface area contributed by atoms with Gasteiger partial charge in [0, 0.05) is 22.7 Å². The van der Waals surface area contributed by atoms with E-state index in [-0.39, 0.29) is 29.9 Å². The number of amides is 2. The third kappa shape index (κ3) is 7.30. The lowest BCUT2D eigenvalue weighted by molar-refractivity contribution is -0.384. The first kappa shape index (κ1) is 30.6. The normalized spacial score (nSPS) is 23.1. The number of nitrogens with zero attached hydrogens (tertiary/aromatic N) is 2. The Morgan fingerprint density at radius 3 is 2.24 bits per heavy atom. The summed E-state index contributed by atoms with van der Waals surface area (Å²) < 4.78 is 11.2. The van der Waals surface area contributed by atoms with Gasteiger partial charge in [0.15, 0.2) is 18.1 Å². The number of carbonyl (C=O) groups is 2. The molecule has 0 atom stereocenters. The van der Waals surface area contributed by atoms with Crippen LogP contribution in [0.25, 0.3) is 0 Å². The zero-order chi connectivity index (χ0) is 31.4. The molecule has 4 fully saturated rings. The first-order valence-electron chi connectivity index (χ1n) is 15.2. The molecule has 3 aromatic carbocycles. The lowest BCUT2D eigenvalue weighted by Crippen LogP contribution is -2.48. The molecule has 4 aliphatic rings. The van der Waals surface area contributed by atoms with E-state index in [1.165, 1.54) is 81.3 Å². The molecule has 0 spiro atoms. The number of benzene rings is 3. The highest BCUT2D eigenvalue weighted by molar-refractivity contribution is 8.00. The van der Waals surface area contributed by atoms with Gasteiger partial charge in [-0.3, -0.25) is 19.7 Å². The number of thioether (sulfide) groups is 1. The maximum Gasteiger partial charge on any atom is 0.269 e. The van der Waals surface area contributed by atoms with E-state index in [0.29, 0.717) is 22.5 Å². The van der Waals surface area contributed by atoms with Crippen molar-refractivity contribution in [1.82, 2.24) is 5.43 Å². The number of methoxy groups -OCH3 is 1. The number of non-ortho nitro benzene ring substituents is 1. The number of carbonyl (C=O) groups excluding carboxylic acids is 2. The fourth-order valence-corrected chi connectivity index (χ4v) is 8.31. The van der Waals surface area contributed by atoms with Crippen molar-refractivity contribution >= 4 is 41.2 Å². The number of nitro benzene ring substituents is 1. The zero-order valence-corrected chi connectivity index (χ0v) is 25.9. The SMILES string of the molecule is COc1cc(/C=N\NC(=O)CSc2ccc([N+](=O)[O-])cc2)ccc1OCC(=O)Nc1ccc(C23CC4CC(CC(C4)C2)C3)cc1. The average Bonchev–Trinajstić information content (AvgIpc) is 3.03. The highest BCUT2D eigenvalue weighted by Crippen LogP contribution is 2.60. The molecule has 3 aromatic rings. The Kier molecular flexibility index (Phi) is 9.07. The fraction of sp³-hybridized carbons (Fsp3) is 0.382. The third-order valence-corrected chi connectivity index (χ3v) is 10.2. The molecule has 4 bridgehead atoms. The van der Waals surface area contributed by atoms with Crippen molar-refractivity contribution in [3.8, 4) is 11.5 Å². The number of anilines is 1. The van der Waals surface area contributed by atoms with Crippen LogP contribution >= 0.6 is 11.8 Å². The lowest BCUT2D eigenvalue weighted by Gasteiger charge is -2.57. The summed E-state index contributed by atoms with van der Waals surface area (Å²) in [5.41, 5.74) is 5.62. The van der Waals surface area contributed by atoms with Crippen LogP contribution in [0, 0.1) is 27.9 Å². The topological polar surface area (TPSA) is 132 Å². The van der Waals surface area contributed by atoms with E-state index >= 15 is 0 Å². The molecule has 0 radical (unpaired) electrons. The quantitative estimate of drug-likeness (QED) is 0.104. The van der Waals surface area contributed by atoms with Crippen LogP contribution in [0.2, 0.25) is 0 Å². The summed E-state index contributed by atoms with van der Waals surface area (Å²) in [6.07, 6.45) is 9.66. The summed E-state index contributed by atoms with van der Waals surface area (Å²) in [7, 11) is 1.51. The second-order valence-corrected chi connectivity index (χ2v) is 13.4. The van der Waals surface area contributed by atoms with Crippen LogP contribution in [-0.2, 0) is 15.0 Å². The molecule has 0 aromatic heterocycles. The average molecular weight is 629 g/mol. The third-order valence-electron chi connectivity index (χ3n) is 9.19. The standard InChI is InChI=1S/C34H36N4O6S/c1-43-31-15-22(19-35-37-33(40)21-45-29-9-7-28(8-10-29)38(41)42)2-11-30(31)44-20-32(39)36-27-5-3-26(4-6-27)34-16-23-12-24(17-34)14-25(13-23)18-34/h2-11,15,19,23-25H,12-14,16-18,20-21H2,1H3,(H,36,39)(H,37,40)/b35-19-. The van der Waals surface area contributed by atoms with Crippen LogP contribution in [0.5, 0.6) is 11.5 Å². The van der Waals surface area contributed by atoms with Gasteiger partial charge in [0.25, 0.3) is 11.6 Å². The van der Waals surface area contributed by atoms with E-state index < -0.39 is 4.92 Å². The molecule has 0 aliphatic heterocycles. The van der Waals surface area contributed by atoms with Gasteiger partial charge >= 0.3 is 0 Å². The number of hydrazone groups is 1. The Hall–Kier alpha value is -4.38. The van der Waals surface area contributed by atoms with Crippen molar-refractivity contribution in [2.45, 2.75) is 48.8 Å². The van der Waals surface area contributed by atoms with E-state index in [4.69, 9.17) is 9.47 Å². The van der Waals surface area contributed by atoms with E-state index in [0.717, 1.165) is 28.3 Å². The molecular weight excluding hydrogens is 592 g/mol. The molecule has 10 nitrogen and oxygen atoms in total. The van der Waals surface area contributed by atoms with Gasteiger partial charge in [-0.05, 0) is 115 Å². The van der Waals surface area contributed by atoms with Gasteiger partial charge in [-0.2, -0.15) is 5.10 Å². The summed E-state index contributed by atoms with van der Waals surface area (Å²) in [5.74, 6) is 3.00. The Balaban J connectivity index is 0.961. The molecule has 45 heavy (non-hydrogen) atoms. The van der Waals surface area contributed by atoms with E-state index in [1.54, 1.807) is 30.3 Å². The van der Waals surface area contributed by atoms with Crippen LogP contribution < -0.4 is 20.2 Å². The predicted molar refractivity (Wildman–Crippen MR) is 173 cm³/mol. The summed E-state index contributed by atoms with van der Waals surface area (Å²) >= 11 is 1.24. The van der Waals surface area contributed by atoms with Gasteiger partial charge in [-0.15, -0.1) is 11.8 Å². The van der Waals surface area contributed by atoms with E-state index in [2.05, 4.69) is 28.0 Å². The molecule has 7 rings (SSSR count). The zero-order valence-electron chi connectivity index (χ0n) is 25.1. The summed E-state index contributed by atoms with van der Waals surface area (Å²) in [6.45, 7) is -0.178. The minimum Gasteiger partial charge on any atom is -0.493 e. The van der Waals surface area contributed by atoms with Crippen LogP contribution in [0.15, 0.2) is 76.7 Å². The van der Waals surface area contributed by atoms with Gasteiger partial charge in [0.1, 0.15) is 0 Å². The fourth-order valence-electron chi connectivity index (χ4n) is 7.62. The van der Waals surface area contributed by atoms with Gasteiger partial charge in [-0.25, -0.2) is 5.43 Å². The largest absolute Gasteiger partial charge is 0.493 e. The van der Waals surface area contributed by atoms with Crippen molar-refractivity contribution in [3.05, 3.63) is 88.0 Å². The molecule has 2 N–H and O–H groups in total. The van der Waals surface area contributed by atoms with Crippen LogP contribution in [0.4, 0.5) is 11.4 Å². The molecule has 234 valence electrons. The summed E-state index contributed by atoms with van der Waals surface area (Å²) in [5, 5.41) is 17.7. The maximum absolute atomic E-state index is 12.7. The Bertz CT molecular complexity index is 1560. The molecule has 0 saturated heterocycles. The second kappa shape index (κ2) is 13.3. The number of hydrogen-bond donors (Lipinski definition) is 2. The van der Waals surface area contributed by atoms with Crippen LogP contribution in [0.3, 0.4) is 0 Å². The molecule has 0 heterocycles. The second-order valence-electron chi connectivity index (χ2n) is 12.4. The summed E-state index contributed by atoms with van der Waals surface area (Å²) in [4.78, 5) is 35.9. The predicted octanol–water partition coefficient (Wildman–Crippen LogP) is 6.33. The molecule has 4 aliphatic carbocycles.